The lowest BCUT2D eigenvalue weighted by Gasteiger charge is -2.34. The van der Waals surface area contributed by atoms with Gasteiger partial charge in [-0.3, -0.25) is 14.4 Å². The SMILES string of the molecule is CC[C@@H](C)C(=O)C1=C(O)[C@@](O)(CC=C(C)C)[C@@](O)(C(=O)/C=C/C(C)(C)O)C1=O. The van der Waals surface area contributed by atoms with Crippen molar-refractivity contribution in [3.05, 3.63) is 35.1 Å². The van der Waals surface area contributed by atoms with Crippen LogP contribution in [0.4, 0.5) is 0 Å². The van der Waals surface area contributed by atoms with Crippen molar-refractivity contribution >= 4 is 17.3 Å². The molecule has 0 saturated heterocycles. The summed E-state index contributed by atoms with van der Waals surface area (Å²) in [4.78, 5) is 38.3. The van der Waals surface area contributed by atoms with Crippen LogP contribution in [0.15, 0.2) is 35.1 Å². The fourth-order valence-electron chi connectivity index (χ4n) is 2.83. The lowest BCUT2D eigenvalue weighted by Crippen LogP contribution is -2.61. The minimum atomic E-state index is -3.08. The van der Waals surface area contributed by atoms with Crippen molar-refractivity contribution in [3.63, 3.8) is 0 Å². The second-order valence-electron chi connectivity index (χ2n) is 8.13. The second-order valence-corrected chi connectivity index (χ2v) is 8.13. The number of carbonyl (C=O) groups is 3. The van der Waals surface area contributed by atoms with Gasteiger partial charge in [-0.25, -0.2) is 0 Å². The molecule has 0 bridgehead atoms. The average Bonchev–Trinajstić information content (AvgIpc) is 2.75. The Labute approximate surface area is 165 Å². The smallest absolute Gasteiger partial charge is 0.226 e. The molecule has 0 spiro atoms. The molecule has 0 heterocycles. The number of ketones is 3. The molecule has 0 aromatic heterocycles. The normalized spacial score (nSPS) is 26.7. The zero-order valence-electron chi connectivity index (χ0n) is 17.2. The standard InChI is InChI=1S/C21H30O7/c1-7-13(4)16(23)15-17(24)20(27,11-8-12(2)3)21(28,18(15)25)14(22)9-10-19(5,6)26/h8-10,13,24,26-28H,7,11H2,1-6H3/b10-9+/t13-,20+,21-/m1/s1. The zero-order chi connectivity index (χ0) is 22.1. The van der Waals surface area contributed by atoms with Gasteiger partial charge in [0.2, 0.25) is 11.4 Å². The molecule has 7 heteroatoms. The minimum absolute atomic E-state index is 0.361. The Morgan fingerprint density at radius 2 is 1.75 bits per heavy atom. The average molecular weight is 394 g/mol. The van der Waals surface area contributed by atoms with Crippen LogP contribution in [0.25, 0.3) is 0 Å². The highest BCUT2D eigenvalue weighted by molar-refractivity contribution is 6.34. The molecule has 28 heavy (non-hydrogen) atoms. The molecule has 0 saturated carbocycles. The summed E-state index contributed by atoms with van der Waals surface area (Å²) in [6.07, 6.45) is 3.17. The molecule has 1 aliphatic carbocycles. The van der Waals surface area contributed by atoms with Crippen LogP contribution in [-0.4, -0.2) is 54.6 Å². The van der Waals surface area contributed by atoms with Gasteiger partial charge in [-0.05, 0) is 40.2 Å². The lowest BCUT2D eigenvalue weighted by atomic mass is 9.77. The largest absolute Gasteiger partial charge is 0.508 e. The first-order valence-electron chi connectivity index (χ1n) is 9.20. The molecule has 1 rings (SSSR count). The summed E-state index contributed by atoms with van der Waals surface area (Å²) in [6, 6.07) is 0. The first-order valence-corrected chi connectivity index (χ1v) is 9.20. The minimum Gasteiger partial charge on any atom is -0.508 e. The van der Waals surface area contributed by atoms with E-state index in [1.54, 1.807) is 27.7 Å². The number of aliphatic hydroxyl groups is 4. The fourth-order valence-corrected chi connectivity index (χ4v) is 2.83. The second kappa shape index (κ2) is 8.11. The Balaban J connectivity index is 3.64. The van der Waals surface area contributed by atoms with Gasteiger partial charge in [-0.15, -0.1) is 0 Å². The molecule has 0 aliphatic heterocycles. The van der Waals surface area contributed by atoms with Crippen LogP contribution in [0.1, 0.15) is 54.4 Å². The van der Waals surface area contributed by atoms with Crippen LogP contribution in [0.2, 0.25) is 0 Å². The molecule has 0 amide bonds. The maximum absolute atomic E-state index is 12.9. The predicted molar refractivity (Wildman–Crippen MR) is 104 cm³/mol. The van der Waals surface area contributed by atoms with E-state index in [1.807, 2.05) is 0 Å². The highest BCUT2D eigenvalue weighted by Gasteiger charge is 2.68. The summed E-state index contributed by atoms with van der Waals surface area (Å²) in [5.41, 5.74) is -7.25. The van der Waals surface area contributed by atoms with E-state index in [0.717, 1.165) is 12.2 Å². The molecular formula is C21H30O7. The number of hydrogen-bond acceptors (Lipinski definition) is 7. The van der Waals surface area contributed by atoms with Crippen molar-refractivity contribution < 1.29 is 34.8 Å². The van der Waals surface area contributed by atoms with Crippen LogP contribution in [0, 0.1) is 5.92 Å². The van der Waals surface area contributed by atoms with E-state index in [2.05, 4.69) is 0 Å². The summed E-state index contributed by atoms with van der Waals surface area (Å²) < 4.78 is 0. The first kappa shape index (κ1) is 23.9. The van der Waals surface area contributed by atoms with Gasteiger partial charge in [-0.1, -0.05) is 31.6 Å². The zero-order valence-corrected chi connectivity index (χ0v) is 17.2. The summed E-state index contributed by atoms with van der Waals surface area (Å²) in [5.74, 6) is -4.99. The van der Waals surface area contributed by atoms with Crippen LogP contribution in [-0.2, 0) is 14.4 Å². The lowest BCUT2D eigenvalue weighted by molar-refractivity contribution is -0.168. The quantitative estimate of drug-likeness (QED) is 0.213. The summed E-state index contributed by atoms with van der Waals surface area (Å²) >= 11 is 0. The fraction of sp³-hybridized carbons (Fsp3) is 0.571. The van der Waals surface area contributed by atoms with Gasteiger partial charge < -0.3 is 20.4 Å². The van der Waals surface area contributed by atoms with E-state index < -0.39 is 57.8 Å². The van der Waals surface area contributed by atoms with Crippen molar-refractivity contribution in [2.45, 2.75) is 71.2 Å². The predicted octanol–water partition coefficient (Wildman–Crippen LogP) is 1.71. The Hall–Kier alpha value is -2.09. The highest BCUT2D eigenvalue weighted by atomic mass is 16.4. The van der Waals surface area contributed by atoms with Gasteiger partial charge in [0, 0.05) is 12.3 Å². The van der Waals surface area contributed by atoms with E-state index in [4.69, 9.17) is 0 Å². The molecule has 0 unspecified atom stereocenters. The van der Waals surface area contributed by atoms with Crippen molar-refractivity contribution in [1.29, 1.82) is 0 Å². The number of allylic oxidation sites excluding steroid dienone is 1. The Morgan fingerprint density at radius 1 is 1.21 bits per heavy atom. The summed E-state index contributed by atoms with van der Waals surface area (Å²) in [6.45, 7) is 9.39. The van der Waals surface area contributed by atoms with Crippen LogP contribution in [0.5, 0.6) is 0 Å². The van der Waals surface area contributed by atoms with Crippen molar-refractivity contribution in [2.24, 2.45) is 5.92 Å². The van der Waals surface area contributed by atoms with E-state index in [-0.39, 0.29) is 0 Å². The Morgan fingerprint density at radius 3 is 2.18 bits per heavy atom. The Bertz CT molecular complexity index is 762. The van der Waals surface area contributed by atoms with Crippen molar-refractivity contribution in [3.8, 4) is 0 Å². The third-order valence-corrected chi connectivity index (χ3v) is 4.89. The highest BCUT2D eigenvalue weighted by Crippen LogP contribution is 2.44. The first-order chi connectivity index (χ1) is 12.6. The van der Waals surface area contributed by atoms with E-state index in [1.165, 1.54) is 19.9 Å². The molecule has 4 N–H and O–H groups in total. The third kappa shape index (κ3) is 4.16. The van der Waals surface area contributed by atoms with Gasteiger partial charge in [0.1, 0.15) is 11.3 Å². The van der Waals surface area contributed by atoms with Crippen LogP contribution < -0.4 is 0 Å². The van der Waals surface area contributed by atoms with Gasteiger partial charge >= 0.3 is 0 Å². The molecule has 0 aromatic carbocycles. The van der Waals surface area contributed by atoms with Crippen molar-refractivity contribution in [2.75, 3.05) is 0 Å². The number of aliphatic hydroxyl groups excluding tert-OH is 1. The molecule has 3 atom stereocenters. The number of hydrogen-bond donors (Lipinski definition) is 4. The molecular weight excluding hydrogens is 364 g/mol. The molecule has 0 radical (unpaired) electrons. The molecule has 7 nitrogen and oxygen atoms in total. The Kier molecular flexibility index (Phi) is 6.93. The third-order valence-electron chi connectivity index (χ3n) is 4.89. The van der Waals surface area contributed by atoms with E-state index in [0.29, 0.717) is 12.0 Å². The maximum Gasteiger partial charge on any atom is 0.226 e. The number of carbonyl (C=O) groups excluding carboxylic acids is 3. The molecule has 1 aliphatic rings. The molecule has 0 fully saturated rings. The van der Waals surface area contributed by atoms with Gasteiger partial charge in [-0.2, -0.15) is 0 Å². The maximum atomic E-state index is 12.9. The number of Topliss-reactive ketones (excluding diaryl/α,β-unsaturated/α-hetero) is 2. The topological polar surface area (TPSA) is 132 Å². The summed E-state index contributed by atoms with van der Waals surface area (Å²) in [5, 5.41) is 42.5. The van der Waals surface area contributed by atoms with Gasteiger partial charge in [0.05, 0.1) is 5.60 Å². The van der Waals surface area contributed by atoms with Crippen LogP contribution >= 0.6 is 0 Å². The monoisotopic (exact) mass is 394 g/mol. The van der Waals surface area contributed by atoms with Crippen LogP contribution in [0.3, 0.4) is 0 Å². The van der Waals surface area contributed by atoms with Gasteiger partial charge in [0.15, 0.2) is 17.2 Å². The van der Waals surface area contributed by atoms with Crippen molar-refractivity contribution in [1.82, 2.24) is 0 Å². The van der Waals surface area contributed by atoms with E-state index in [9.17, 15) is 34.8 Å². The number of rotatable bonds is 8. The van der Waals surface area contributed by atoms with E-state index >= 15 is 0 Å². The molecule has 0 aromatic rings. The molecule has 156 valence electrons. The van der Waals surface area contributed by atoms with Gasteiger partial charge in [0.25, 0.3) is 0 Å². The summed E-state index contributed by atoms with van der Waals surface area (Å²) in [7, 11) is 0.